The predicted molar refractivity (Wildman–Crippen MR) is 117 cm³/mol. The van der Waals surface area contributed by atoms with Gasteiger partial charge in [0.15, 0.2) is 11.5 Å². The maximum atomic E-state index is 13.2. The first-order valence-corrected chi connectivity index (χ1v) is 10.5. The molecule has 0 saturated heterocycles. The van der Waals surface area contributed by atoms with Gasteiger partial charge in [-0.2, -0.15) is 0 Å². The van der Waals surface area contributed by atoms with Gasteiger partial charge in [-0.15, -0.1) is 0 Å². The van der Waals surface area contributed by atoms with Crippen LogP contribution in [0.3, 0.4) is 0 Å². The van der Waals surface area contributed by atoms with Crippen LogP contribution in [0.4, 0.5) is 5.69 Å². The second-order valence-electron chi connectivity index (χ2n) is 7.63. The summed E-state index contributed by atoms with van der Waals surface area (Å²) >= 11 is 0. The first-order chi connectivity index (χ1) is 15.0. The standard InChI is InChI=1S/C24H26N2O5/c1-16(2)29-12-6-11-26-23(27)21(17-7-4-3-5-8-17)22(24(26)28)25-18-9-10-19-20(15-18)31-14-13-30-19/h3-5,7-10,15-16,25H,6,11-14H2,1-2H3. The van der Waals surface area contributed by atoms with Gasteiger partial charge in [-0.25, -0.2) is 0 Å². The van der Waals surface area contributed by atoms with Crippen LogP contribution in [0.25, 0.3) is 5.57 Å². The highest BCUT2D eigenvalue weighted by Gasteiger charge is 2.38. The predicted octanol–water partition coefficient (Wildman–Crippen LogP) is 3.46. The van der Waals surface area contributed by atoms with Crippen LogP contribution in [0.2, 0.25) is 0 Å². The number of amides is 2. The van der Waals surface area contributed by atoms with E-state index in [4.69, 9.17) is 14.2 Å². The molecule has 2 aromatic rings. The molecule has 31 heavy (non-hydrogen) atoms. The van der Waals surface area contributed by atoms with Crippen molar-refractivity contribution in [2.75, 3.05) is 31.7 Å². The zero-order valence-electron chi connectivity index (χ0n) is 17.7. The van der Waals surface area contributed by atoms with Crippen LogP contribution in [-0.2, 0) is 14.3 Å². The van der Waals surface area contributed by atoms with Gasteiger partial charge in [0.25, 0.3) is 11.8 Å². The smallest absolute Gasteiger partial charge is 0.278 e. The third-order valence-electron chi connectivity index (χ3n) is 5.02. The monoisotopic (exact) mass is 422 g/mol. The van der Waals surface area contributed by atoms with Crippen molar-refractivity contribution >= 4 is 23.1 Å². The molecule has 1 N–H and O–H groups in total. The third-order valence-corrected chi connectivity index (χ3v) is 5.02. The van der Waals surface area contributed by atoms with Crippen molar-refractivity contribution in [2.24, 2.45) is 0 Å². The number of benzene rings is 2. The van der Waals surface area contributed by atoms with E-state index < -0.39 is 0 Å². The number of hydrogen-bond donors (Lipinski definition) is 1. The van der Waals surface area contributed by atoms with Crippen molar-refractivity contribution in [1.82, 2.24) is 4.90 Å². The molecule has 0 unspecified atom stereocenters. The van der Waals surface area contributed by atoms with Crippen LogP contribution in [-0.4, -0.2) is 49.2 Å². The lowest BCUT2D eigenvalue weighted by molar-refractivity contribution is -0.137. The van der Waals surface area contributed by atoms with E-state index in [1.54, 1.807) is 18.2 Å². The number of anilines is 1. The summed E-state index contributed by atoms with van der Waals surface area (Å²) in [5.41, 5.74) is 1.98. The topological polar surface area (TPSA) is 77.1 Å². The Morgan fingerprint density at radius 1 is 1.00 bits per heavy atom. The van der Waals surface area contributed by atoms with E-state index in [1.165, 1.54) is 4.90 Å². The number of hydrogen-bond acceptors (Lipinski definition) is 6. The number of rotatable bonds is 8. The fraction of sp³-hybridized carbons (Fsp3) is 0.333. The minimum absolute atomic E-state index is 0.107. The maximum absolute atomic E-state index is 13.2. The van der Waals surface area contributed by atoms with E-state index in [0.717, 1.165) is 0 Å². The Bertz CT molecular complexity index is 1000. The van der Waals surface area contributed by atoms with E-state index in [0.29, 0.717) is 61.1 Å². The van der Waals surface area contributed by atoms with E-state index >= 15 is 0 Å². The van der Waals surface area contributed by atoms with E-state index in [9.17, 15) is 9.59 Å². The molecule has 2 heterocycles. The molecule has 2 aliphatic heterocycles. The second-order valence-corrected chi connectivity index (χ2v) is 7.63. The lowest BCUT2D eigenvalue weighted by Crippen LogP contribution is -2.34. The molecule has 0 atom stereocenters. The first-order valence-electron chi connectivity index (χ1n) is 10.5. The Morgan fingerprint density at radius 2 is 1.74 bits per heavy atom. The number of nitrogens with zero attached hydrogens (tertiary/aromatic N) is 1. The summed E-state index contributed by atoms with van der Waals surface area (Å²) < 4.78 is 16.8. The van der Waals surface area contributed by atoms with Crippen LogP contribution >= 0.6 is 0 Å². The lowest BCUT2D eigenvalue weighted by atomic mass is 10.0. The van der Waals surface area contributed by atoms with E-state index in [2.05, 4.69) is 5.32 Å². The summed E-state index contributed by atoms with van der Waals surface area (Å²) in [6.07, 6.45) is 0.685. The quantitative estimate of drug-likeness (QED) is 0.519. The average molecular weight is 422 g/mol. The van der Waals surface area contributed by atoms with Crippen LogP contribution < -0.4 is 14.8 Å². The van der Waals surface area contributed by atoms with Gasteiger partial charge in [-0.05, 0) is 38.0 Å². The molecule has 0 spiro atoms. The number of nitrogens with one attached hydrogen (secondary N) is 1. The summed E-state index contributed by atoms with van der Waals surface area (Å²) in [6.45, 7) is 5.67. The molecular weight excluding hydrogens is 396 g/mol. The molecule has 4 rings (SSSR count). The van der Waals surface area contributed by atoms with Crippen molar-refractivity contribution in [3.8, 4) is 11.5 Å². The fourth-order valence-electron chi connectivity index (χ4n) is 3.57. The highest BCUT2D eigenvalue weighted by Crippen LogP contribution is 2.35. The Labute approximate surface area is 181 Å². The second kappa shape index (κ2) is 9.22. The van der Waals surface area contributed by atoms with Crippen molar-refractivity contribution in [3.05, 3.63) is 59.8 Å². The molecular formula is C24H26N2O5. The Balaban J connectivity index is 1.60. The zero-order chi connectivity index (χ0) is 21.8. The molecule has 162 valence electrons. The molecule has 0 aromatic heterocycles. The van der Waals surface area contributed by atoms with E-state index in [-0.39, 0.29) is 23.6 Å². The van der Waals surface area contributed by atoms with Crippen LogP contribution in [0, 0.1) is 0 Å². The molecule has 0 saturated carbocycles. The van der Waals surface area contributed by atoms with Gasteiger partial charge < -0.3 is 19.5 Å². The summed E-state index contributed by atoms with van der Waals surface area (Å²) in [5, 5.41) is 3.16. The Morgan fingerprint density at radius 3 is 2.48 bits per heavy atom. The van der Waals surface area contributed by atoms with Gasteiger partial charge in [0.05, 0.1) is 11.7 Å². The van der Waals surface area contributed by atoms with Crippen molar-refractivity contribution in [1.29, 1.82) is 0 Å². The lowest BCUT2D eigenvalue weighted by Gasteiger charge is -2.19. The minimum atomic E-state index is -0.344. The summed E-state index contributed by atoms with van der Waals surface area (Å²) in [5.74, 6) is 0.622. The van der Waals surface area contributed by atoms with Crippen LogP contribution in [0.1, 0.15) is 25.8 Å². The normalized spacial score (nSPS) is 15.8. The number of carbonyl (C=O) groups is 2. The van der Waals surface area contributed by atoms with Gasteiger partial charge in [0, 0.05) is 24.9 Å². The molecule has 0 fully saturated rings. The molecule has 0 bridgehead atoms. The molecule has 7 heteroatoms. The van der Waals surface area contributed by atoms with Crippen LogP contribution in [0.15, 0.2) is 54.2 Å². The molecule has 2 aromatic carbocycles. The highest BCUT2D eigenvalue weighted by molar-refractivity contribution is 6.36. The zero-order valence-corrected chi connectivity index (χ0v) is 17.7. The van der Waals surface area contributed by atoms with Crippen LogP contribution in [0.5, 0.6) is 11.5 Å². The SMILES string of the molecule is CC(C)OCCCN1C(=O)C(Nc2ccc3c(c2)OCCO3)=C(c2ccccc2)C1=O. The van der Waals surface area contributed by atoms with E-state index in [1.807, 2.05) is 44.2 Å². The molecule has 0 aliphatic carbocycles. The molecule has 0 radical (unpaired) electrons. The fourth-order valence-corrected chi connectivity index (χ4v) is 3.57. The van der Waals surface area contributed by atoms with Gasteiger partial charge in [-0.3, -0.25) is 14.5 Å². The average Bonchev–Trinajstić information content (AvgIpc) is 3.01. The highest BCUT2D eigenvalue weighted by atomic mass is 16.6. The van der Waals surface area contributed by atoms with Gasteiger partial charge >= 0.3 is 0 Å². The van der Waals surface area contributed by atoms with Gasteiger partial charge in [-0.1, -0.05) is 30.3 Å². The van der Waals surface area contributed by atoms with Crippen molar-refractivity contribution in [3.63, 3.8) is 0 Å². The maximum Gasteiger partial charge on any atom is 0.278 e. The summed E-state index contributed by atoms with van der Waals surface area (Å²) in [7, 11) is 0. The number of carbonyl (C=O) groups excluding carboxylic acids is 2. The van der Waals surface area contributed by atoms with Gasteiger partial charge in [0.2, 0.25) is 0 Å². The summed E-state index contributed by atoms with van der Waals surface area (Å²) in [4.78, 5) is 27.7. The molecule has 2 aliphatic rings. The van der Waals surface area contributed by atoms with Crippen molar-refractivity contribution < 1.29 is 23.8 Å². The van der Waals surface area contributed by atoms with Crippen molar-refractivity contribution in [2.45, 2.75) is 26.4 Å². The number of imide groups is 1. The number of fused-ring (bicyclic) bond motifs is 1. The molecule has 2 amide bonds. The van der Waals surface area contributed by atoms with Gasteiger partial charge in [0.1, 0.15) is 18.9 Å². The minimum Gasteiger partial charge on any atom is -0.486 e. The largest absolute Gasteiger partial charge is 0.486 e. The third kappa shape index (κ3) is 4.56. The Hall–Kier alpha value is -3.32. The number of ether oxygens (including phenoxy) is 3. The Kier molecular flexibility index (Phi) is 6.23. The molecule has 7 nitrogen and oxygen atoms in total. The first kappa shape index (κ1) is 20.9. The summed E-state index contributed by atoms with van der Waals surface area (Å²) in [6, 6.07) is 14.6.